The maximum Gasteiger partial charge on any atom is 0.210 e. The third-order valence-corrected chi connectivity index (χ3v) is 3.75. The van der Waals surface area contributed by atoms with Crippen LogP contribution in [0.1, 0.15) is 22.2 Å². The summed E-state index contributed by atoms with van der Waals surface area (Å²) in [5.41, 5.74) is 6.65. The Morgan fingerprint density at radius 2 is 2.22 bits per heavy atom. The molecule has 1 aromatic carbocycles. The minimum absolute atomic E-state index is 0.198. The number of hydrogen-bond donors (Lipinski definition) is 1. The third kappa shape index (κ3) is 2.35. The molecule has 0 amide bonds. The van der Waals surface area contributed by atoms with E-state index in [2.05, 4.69) is 0 Å². The molecule has 3 nitrogen and oxygen atoms in total. The van der Waals surface area contributed by atoms with Gasteiger partial charge in [0.2, 0.25) is 5.78 Å². The first-order chi connectivity index (χ1) is 8.65. The Bertz CT molecular complexity index is 580. The van der Waals surface area contributed by atoms with Crippen LogP contribution in [0.3, 0.4) is 0 Å². The van der Waals surface area contributed by atoms with Crippen molar-refractivity contribution in [1.29, 1.82) is 0 Å². The second kappa shape index (κ2) is 5.42. The number of hydrogen-bond acceptors (Lipinski definition) is 4. The van der Waals surface area contributed by atoms with E-state index < -0.39 is 0 Å². The summed E-state index contributed by atoms with van der Waals surface area (Å²) in [5.74, 6) is 0.295. The minimum atomic E-state index is -0.198. The number of halogens is 1. The fourth-order valence-corrected chi connectivity index (χ4v) is 2.72. The monoisotopic (exact) mass is 281 g/mol. The molecule has 0 saturated carbocycles. The predicted octanol–water partition coefficient (Wildman–Crippen LogP) is 3.61. The molecule has 0 spiro atoms. The molecule has 5 heteroatoms. The average Bonchev–Trinajstić information content (AvgIpc) is 2.75. The number of benzene rings is 1. The summed E-state index contributed by atoms with van der Waals surface area (Å²) < 4.78 is 5.44. The van der Waals surface area contributed by atoms with Crippen LogP contribution >= 0.6 is 22.9 Å². The zero-order valence-electron chi connectivity index (χ0n) is 9.77. The third-order valence-electron chi connectivity index (χ3n) is 2.41. The SMILES string of the molecule is CCOc1cccc(N)c1C(=O)c1sccc1Cl. The van der Waals surface area contributed by atoms with Crippen LogP contribution < -0.4 is 10.5 Å². The lowest BCUT2D eigenvalue weighted by Gasteiger charge is -2.11. The molecule has 0 aliphatic carbocycles. The molecule has 1 aromatic heterocycles. The molecule has 2 rings (SSSR count). The predicted molar refractivity (Wildman–Crippen MR) is 74.8 cm³/mol. The van der Waals surface area contributed by atoms with Crippen molar-refractivity contribution in [3.63, 3.8) is 0 Å². The summed E-state index contributed by atoms with van der Waals surface area (Å²) in [6.45, 7) is 2.33. The van der Waals surface area contributed by atoms with E-state index in [4.69, 9.17) is 22.1 Å². The number of carbonyl (C=O) groups is 1. The molecule has 0 bridgehead atoms. The van der Waals surface area contributed by atoms with Crippen molar-refractivity contribution in [2.75, 3.05) is 12.3 Å². The first kappa shape index (κ1) is 12.9. The smallest absolute Gasteiger partial charge is 0.210 e. The number of nitrogens with two attached hydrogens (primary N) is 1. The second-order valence-electron chi connectivity index (χ2n) is 3.58. The van der Waals surface area contributed by atoms with E-state index in [0.717, 1.165) is 0 Å². The fourth-order valence-electron chi connectivity index (χ4n) is 1.64. The maximum atomic E-state index is 12.4. The lowest BCUT2D eigenvalue weighted by atomic mass is 10.1. The van der Waals surface area contributed by atoms with Crippen LogP contribution in [0, 0.1) is 0 Å². The highest BCUT2D eigenvalue weighted by molar-refractivity contribution is 7.13. The van der Waals surface area contributed by atoms with E-state index in [1.807, 2.05) is 6.92 Å². The molecule has 0 atom stereocenters. The van der Waals surface area contributed by atoms with Crippen LogP contribution in [0.5, 0.6) is 5.75 Å². The van der Waals surface area contributed by atoms with E-state index in [-0.39, 0.29) is 5.78 Å². The Morgan fingerprint density at radius 1 is 1.44 bits per heavy atom. The molecular weight excluding hydrogens is 270 g/mol. The van der Waals surface area contributed by atoms with E-state index in [0.29, 0.717) is 33.5 Å². The summed E-state index contributed by atoms with van der Waals surface area (Å²) >= 11 is 7.27. The van der Waals surface area contributed by atoms with Crippen molar-refractivity contribution in [3.8, 4) is 5.75 Å². The van der Waals surface area contributed by atoms with Crippen molar-refractivity contribution >= 4 is 34.4 Å². The van der Waals surface area contributed by atoms with Gasteiger partial charge in [0, 0.05) is 5.69 Å². The van der Waals surface area contributed by atoms with Crippen LogP contribution in [0.15, 0.2) is 29.6 Å². The fraction of sp³-hybridized carbons (Fsp3) is 0.154. The minimum Gasteiger partial charge on any atom is -0.493 e. The number of carbonyl (C=O) groups excluding carboxylic acids is 1. The quantitative estimate of drug-likeness (QED) is 0.688. The van der Waals surface area contributed by atoms with Crippen LogP contribution in [-0.2, 0) is 0 Å². The summed E-state index contributed by atoms with van der Waals surface area (Å²) in [6.07, 6.45) is 0. The molecule has 0 aliphatic rings. The maximum absolute atomic E-state index is 12.4. The van der Waals surface area contributed by atoms with Crippen molar-refractivity contribution in [2.24, 2.45) is 0 Å². The summed E-state index contributed by atoms with van der Waals surface area (Å²) in [4.78, 5) is 12.9. The lowest BCUT2D eigenvalue weighted by molar-refractivity contribution is 0.104. The second-order valence-corrected chi connectivity index (χ2v) is 4.90. The van der Waals surface area contributed by atoms with Gasteiger partial charge in [0.15, 0.2) is 0 Å². The number of nitrogen functional groups attached to an aromatic ring is 1. The highest BCUT2D eigenvalue weighted by Gasteiger charge is 2.21. The van der Waals surface area contributed by atoms with Gasteiger partial charge < -0.3 is 10.5 Å². The highest BCUT2D eigenvalue weighted by Crippen LogP contribution is 2.32. The Morgan fingerprint density at radius 3 is 2.83 bits per heavy atom. The van der Waals surface area contributed by atoms with Gasteiger partial charge in [-0.2, -0.15) is 0 Å². The van der Waals surface area contributed by atoms with E-state index >= 15 is 0 Å². The van der Waals surface area contributed by atoms with Crippen LogP contribution in [-0.4, -0.2) is 12.4 Å². The Kier molecular flexibility index (Phi) is 3.89. The van der Waals surface area contributed by atoms with Gasteiger partial charge in [-0.05, 0) is 30.5 Å². The Hall–Kier alpha value is -1.52. The Labute approximate surface area is 114 Å². The molecule has 94 valence electrons. The standard InChI is InChI=1S/C13H12ClNO2S/c1-2-17-10-5-3-4-9(15)11(10)12(16)13-8(14)6-7-18-13/h3-7H,2,15H2,1H3. The molecule has 0 fully saturated rings. The van der Waals surface area contributed by atoms with Crippen LogP contribution in [0.2, 0.25) is 5.02 Å². The van der Waals surface area contributed by atoms with Crippen molar-refractivity contribution in [3.05, 3.63) is 45.1 Å². The van der Waals surface area contributed by atoms with Gasteiger partial charge in [0.25, 0.3) is 0 Å². The van der Waals surface area contributed by atoms with Gasteiger partial charge in [-0.15, -0.1) is 11.3 Å². The first-order valence-corrected chi connectivity index (χ1v) is 6.70. The van der Waals surface area contributed by atoms with Gasteiger partial charge >= 0.3 is 0 Å². The van der Waals surface area contributed by atoms with Crippen molar-refractivity contribution in [1.82, 2.24) is 0 Å². The molecule has 0 unspecified atom stereocenters. The molecular formula is C13H12ClNO2S. The van der Waals surface area contributed by atoms with E-state index in [1.165, 1.54) is 11.3 Å². The number of anilines is 1. The summed E-state index contributed by atoms with van der Waals surface area (Å²) in [5, 5.41) is 2.21. The van der Waals surface area contributed by atoms with Crippen LogP contribution in [0.4, 0.5) is 5.69 Å². The summed E-state index contributed by atoms with van der Waals surface area (Å²) in [7, 11) is 0. The number of ketones is 1. The van der Waals surface area contributed by atoms with E-state index in [1.54, 1.807) is 29.6 Å². The topological polar surface area (TPSA) is 52.3 Å². The normalized spacial score (nSPS) is 10.3. The zero-order chi connectivity index (χ0) is 13.1. The summed E-state index contributed by atoms with van der Waals surface area (Å²) in [6, 6.07) is 6.86. The molecule has 0 aliphatic heterocycles. The number of rotatable bonds is 4. The van der Waals surface area contributed by atoms with E-state index in [9.17, 15) is 4.79 Å². The van der Waals surface area contributed by atoms with Crippen molar-refractivity contribution < 1.29 is 9.53 Å². The Balaban J connectivity index is 2.50. The number of ether oxygens (including phenoxy) is 1. The van der Waals surface area contributed by atoms with Crippen LogP contribution in [0.25, 0.3) is 0 Å². The van der Waals surface area contributed by atoms with Crippen molar-refractivity contribution in [2.45, 2.75) is 6.92 Å². The number of thiophene rings is 1. The average molecular weight is 282 g/mol. The molecule has 0 saturated heterocycles. The lowest BCUT2D eigenvalue weighted by Crippen LogP contribution is -2.08. The van der Waals surface area contributed by atoms with Gasteiger partial charge in [0.1, 0.15) is 5.75 Å². The van der Waals surface area contributed by atoms with Gasteiger partial charge in [-0.25, -0.2) is 0 Å². The highest BCUT2D eigenvalue weighted by atomic mass is 35.5. The largest absolute Gasteiger partial charge is 0.493 e. The molecule has 18 heavy (non-hydrogen) atoms. The van der Waals surface area contributed by atoms with Gasteiger partial charge in [0.05, 0.1) is 22.1 Å². The zero-order valence-corrected chi connectivity index (χ0v) is 11.3. The molecule has 1 heterocycles. The van der Waals surface area contributed by atoms with Gasteiger partial charge in [-0.1, -0.05) is 17.7 Å². The molecule has 2 N–H and O–H groups in total. The molecule has 2 aromatic rings. The van der Waals surface area contributed by atoms with Gasteiger partial charge in [-0.3, -0.25) is 4.79 Å². The molecule has 0 radical (unpaired) electrons. The first-order valence-electron chi connectivity index (χ1n) is 5.44.